The van der Waals surface area contributed by atoms with Crippen LogP contribution in [-0.2, 0) is 11.3 Å². The standard InChI is InChI=1S/C24H24N6O/c31-24(26-15-18-5-3-10-25-14-18)20-7-4-11-29(16-20)22-13-23(28-17-27-22)30-12-9-19-6-1-2-8-21(19)30/h1-3,5-6,8-10,12-14,17,20H,4,7,11,15-16H2,(H,26,31). The predicted molar refractivity (Wildman–Crippen MR) is 120 cm³/mol. The number of rotatable bonds is 5. The van der Waals surface area contributed by atoms with E-state index in [9.17, 15) is 4.79 Å². The van der Waals surface area contributed by atoms with Gasteiger partial charge in [0.15, 0.2) is 0 Å². The summed E-state index contributed by atoms with van der Waals surface area (Å²) >= 11 is 0. The highest BCUT2D eigenvalue weighted by atomic mass is 16.1. The Hall–Kier alpha value is -3.74. The normalized spacial score (nSPS) is 16.4. The maximum Gasteiger partial charge on any atom is 0.225 e. The highest BCUT2D eigenvalue weighted by Crippen LogP contribution is 2.25. The Morgan fingerprint density at radius 2 is 2.00 bits per heavy atom. The molecular formula is C24H24N6O. The van der Waals surface area contributed by atoms with Gasteiger partial charge in [-0.2, -0.15) is 0 Å². The maximum absolute atomic E-state index is 12.8. The third-order valence-corrected chi connectivity index (χ3v) is 5.79. The average molecular weight is 412 g/mol. The lowest BCUT2D eigenvalue weighted by molar-refractivity contribution is -0.125. The quantitative estimate of drug-likeness (QED) is 0.544. The fourth-order valence-corrected chi connectivity index (χ4v) is 4.16. The van der Waals surface area contributed by atoms with E-state index in [0.29, 0.717) is 13.1 Å². The molecule has 4 aromatic rings. The molecule has 1 aromatic carbocycles. The number of nitrogens with one attached hydrogen (secondary N) is 1. The Kier molecular flexibility index (Phi) is 5.31. The number of pyridine rings is 1. The van der Waals surface area contributed by atoms with E-state index >= 15 is 0 Å². The summed E-state index contributed by atoms with van der Waals surface area (Å²) in [7, 11) is 0. The zero-order valence-corrected chi connectivity index (χ0v) is 17.2. The van der Waals surface area contributed by atoms with Crippen LogP contribution in [0.15, 0.2) is 73.4 Å². The molecule has 1 unspecified atom stereocenters. The van der Waals surface area contributed by atoms with Gasteiger partial charge in [-0.3, -0.25) is 9.78 Å². The Balaban J connectivity index is 1.30. The number of hydrogen-bond acceptors (Lipinski definition) is 5. The molecule has 156 valence electrons. The lowest BCUT2D eigenvalue weighted by atomic mass is 9.97. The molecular weight excluding hydrogens is 388 g/mol. The van der Waals surface area contributed by atoms with Crippen LogP contribution in [0.4, 0.5) is 5.82 Å². The summed E-state index contributed by atoms with van der Waals surface area (Å²) in [6, 6.07) is 16.2. The van der Waals surface area contributed by atoms with Crippen LogP contribution in [0.2, 0.25) is 0 Å². The van der Waals surface area contributed by atoms with Crippen LogP contribution in [-0.4, -0.2) is 38.5 Å². The highest BCUT2D eigenvalue weighted by Gasteiger charge is 2.26. The van der Waals surface area contributed by atoms with Crippen molar-refractivity contribution in [1.29, 1.82) is 0 Å². The van der Waals surface area contributed by atoms with E-state index in [-0.39, 0.29) is 11.8 Å². The van der Waals surface area contributed by atoms with Crippen LogP contribution in [0.1, 0.15) is 18.4 Å². The minimum Gasteiger partial charge on any atom is -0.356 e. The number of aromatic nitrogens is 4. The maximum atomic E-state index is 12.8. The molecule has 7 nitrogen and oxygen atoms in total. The van der Waals surface area contributed by atoms with Gasteiger partial charge in [0, 0.05) is 44.3 Å². The number of nitrogens with zero attached hydrogens (tertiary/aromatic N) is 5. The number of amides is 1. The molecule has 1 atom stereocenters. The Morgan fingerprint density at radius 3 is 2.90 bits per heavy atom. The number of fused-ring (bicyclic) bond motifs is 1. The summed E-state index contributed by atoms with van der Waals surface area (Å²) in [6.07, 6.45) is 8.98. The van der Waals surface area contributed by atoms with E-state index in [1.54, 1.807) is 18.7 Å². The van der Waals surface area contributed by atoms with Crippen LogP contribution in [0, 0.1) is 5.92 Å². The Morgan fingerprint density at radius 1 is 1.10 bits per heavy atom. The van der Waals surface area contributed by atoms with Crippen LogP contribution < -0.4 is 10.2 Å². The van der Waals surface area contributed by atoms with Crippen LogP contribution in [0.25, 0.3) is 16.7 Å². The van der Waals surface area contributed by atoms with Crippen molar-refractivity contribution in [3.63, 3.8) is 0 Å². The largest absolute Gasteiger partial charge is 0.356 e. The second kappa shape index (κ2) is 8.55. The molecule has 0 radical (unpaired) electrons. The van der Waals surface area contributed by atoms with Crippen LogP contribution in [0.3, 0.4) is 0 Å². The number of benzene rings is 1. The molecule has 31 heavy (non-hydrogen) atoms. The summed E-state index contributed by atoms with van der Waals surface area (Å²) in [5.74, 6) is 1.71. The average Bonchev–Trinajstić information content (AvgIpc) is 3.28. The van der Waals surface area contributed by atoms with Crippen LogP contribution >= 0.6 is 0 Å². The fourth-order valence-electron chi connectivity index (χ4n) is 4.16. The van der Waals surface area contributed by atoms with E-state index in [2.05, 4.69) is 47.9 Å². The zero-order valence-electron chi connectivity index (χ0n) is 17.2. The highest BCUT2D eigenvalue weighted by molar-refractivity contribution is 5.82. The molecule has 4 heterocycles. The summed E-state index contributed by atoms with van der Waals surface area (Å²) < 4.78 is 2.07. The number of carbonyl (C=O) groups excluding carboxylic acids is 1. The monoisotopic (exact) mass is 412 g/mol. The van der Waals surface area contributed by atoms with E-state index in [4.69, 9.17) is 0 Å². The van der Waals surface area contributed by atoms with Gasteiger partial charge in [0.25, 0.3) is 0 Å². The topological polar surface area (TPSA) is 75.9 Å². The number of hydrogen-bond donors (Lipinski definition) is 1. The van der Waals surface area contributed by atoms with E-state index < -0.39 is 0 Å². The van der Waals surface area contributed by atoms with Crippen molar-refractivity contribution in [1.82, 2.24) is 24.8 Å². The van der Waals surface area contributed by atoms with Crippen LogP contribution in [0.5, 0.6) is 0 Å². The molecule has 5 rings (SSSR count). The van der Waals surface area contributed by atoms with Crippen molar-refractivity contribution < 1.29 is 4.79 Å². The van der Waals surface area contributed by atoms with Gasteiger partial charge in [-0.05, 0) is 42.0 Å². The number of carbonyl (C=O) groups is 1. The van der Waals surface area contributed by atoms with Crippen molar-refractivity contribution >= 4 is 22.6 Å². The molecule has 0 aliphatic carbocycles. The minimum absolute atomic E-state index is 0.0590. The van der Waals surface area contributed by atoms with Gasteiger partial charge in [0.2, 0.25) is 5.91 Å². The first-order valence-corrected chi connectivity index (χ1v) is 10.6. The van der Waals surface area contributed by atoms with Gasteiger partial charge in [0.05, 0.1) is 11.4 Å². The lowest BCUT2D eigenvalue weighted by Gasteiger charge is -2.33. The number of para-hydroxylation sites is 1. The van der Waals surface area contributed by atoms with Gasteiger partial charge in [-0.25, -0.2) is 9.97 Å². The molecule has 1 aliphatic heterocycles. The van der Waals surface area contributed by atoms with Gasteiger partial charge < -0.3 is 14.8 Å². The Labute approximate surface area is 180 Å². The second-order valence-corrected chi connectivity index (χ2v) is 7.84. The molecule has 1 aliphatic rings. The SMILES string of the molecule is O=C(NCc1cccnc1)C1CCCN(c2cc(-n3ccc4ccccc43)ncn2)C1. The lowest BCUT2D eigenvalue weighted by Crippen LogP contribution is -2.43. The zero-order chi connectivity index (χ0) is 21.0. The molecule has 3 aromatic heterocycles. The third kappa shape index (κ3) is 4.12. The molecule has 1 saturated heterocycles. The van der Waals surface area contributed by atoms with Crippen molar-refractivity contribution in [3.8, 4) is 5.82 Å². The first-order chi connectivity index (χ1) is 15.3. The van der Waals surface area contributed by atoms with Crippen molar-refractivity contribution in [2.75, 3.05) is 18.0 Å². The molecule has 1 fully saturated rings. The van der Waals surface area contributed by atoms with E-state index in [1.165, 1.54) is 5.39 Å². The molecule has 0 saturated carbocycles. The van der Waals surface area contributed by atoms with Crippen molar-refractivity contribution in [2.45, 2.75) is 19.4 Å². The first-order valence-electron chi connectivity index (χ1n) is 10.6. The van der Waals surface area contributed by atoms with E-state index in [0.717, 1.165) is 42.1 Å². The summed E-state index contributed by atoms with van der Waals surface area (Å²) in [4.78, 5) is 28.0. The first kappa shape index (κ1) is 19.2. The number of piperidine rings is 1. The molecule has 0 spiro atoms. The Bertz CT molecular complexity index is 1190. The van der Waals surface area contributed by atoms with Gasteiger partial charge in [0.1, 0.15) is 18.0 Å². The second-order valence-electron chi connectivity index (χ2n) is 7.84. The molecule has 7 heteroatoms. The van der Waals surface area contributed by atoms with Gasteiger partial charge in [-0.15, -0.1) is 0 Å². The van der Waals surface area contributed by atoms with Gasteiger partial charge in [-0.1, -0.05) is 24.3 Å². The van der Waals surface area contributed by atoms with Crippen molar-refractivity contribution in [3.05, 3.63) is 79.0 Å². The minimum atomic E-state index is -0.0590. The molecule has 1 amide bonds. The number of anilines is 1. The predicted octanol–water partition coefficient (Wildman–Crippen LogP) is 3.35. The van der Waals surface area contributed by atoms with E-state index in [1.807, 2.05) is 36.5 Å². The fraction of sp³-hybridized carbons (Fsp3) is 0.250. The third-order valence-electron chi connectivity index (χ3n) is 5.79. The smallest absolute Gasteiger partial charge is 0.225 e. The summed E-state index contributed by atoms with van der Waals surface area (Å²) in [5.41, 5.74) is 2.11. The van der Waals surface area contributed by atoms with Gasteiger partial charge >= 0.3 is 0 Å². The molecule has 0 bridgehead atoms. The summed E-state index contributed by atoms with van der Waals surface area (Å²) in [6.45, 7) is 2.04. The van der Waals surface area contributed by atoms with Crippen molar-refractivity contribution in [2.24, 2.45) is 5.92 Å². The summed E-state index contributed by atoms with van der Waals surface area (Å²) in [5, 5.41) is 4.22. The molecule has 1 N–H and O–H groups in total.